The van der Waals surface area contributed by atoms with Crippen LogP contribution in [0.5, 0.6) is 0 Å². The molecule has 0 heterocycles. The highest BCUT2D eigenvalue weighted by atomic mass is 16.2. The second-order valence-corrected chi connectivity index (χ2v) is 3.70. The van der Waals surface area contributed by atoms with Crippen molar-refractivity contribution in [2.24, 2.45) is 0 Å². The van der Waals surface area contributed by atoms with E-state index in [9.17, 15) is 4.79 Å². The molecule has 0 fully saturated rings. The Labute approximate surface area is 89.9 Å². The van der Waals surface area contributed by atoms with Crippen molar-refractivity contribution in [2.45, 2.75) is 20.8 Å². The molecule has 3 nitrogen and oxygen atoms in total. The summed E-state index contributed by atoms with van der Waals surface area (Å²) in [6.45, 7) is 5.95. The highest BCUT2D eigenvalue weighted by Crippen LogP contribution is 2.23. The summed E-state index contributed by atoms with van der Waals surface area (Å²) in [5, 5.41) is 8.54. The van der Waals surface area contributed by atoms with Gasteiger partial charge in [-0.3, -0.25) is 4.79 Å². The van der Waals surface area contributed by atoms with Crippen LogP contribution in [-0.4, -0.2) is 13.0 Å². The molecule has 0 radical (unpaired) electrons. The number of hydrogen-bond donors (Lipinski definition) is 0. The quantitative estimate of drug-likeness (QED) is 0.654. The Morgan fingerprint density at radius 3 is 2.27 bits per heavy atom. The molecule has 0 bridgehead atoms. The predicted molar refractivity (Wildman–Crippen MR) is 59.7 cm³/mol. The van der Waals surface area contributed by atoms with E-state index < -0.39 is 5.91 Å². The largest absolute Gasteiger partial charge is 0.329 e. The Morgan fingerprint density at radius 1 is 1.20 bits per heavy atom. The molecule has 0 unspecified atom stereocenters. The average Bonchev–Trinajstić information content (AvgIpc) is 2.21. The molecular weight excluding hydrogens is 188 g/mol. The number of aryl methyl sites for hydroxylation is 3. The summed E-state index contributed by atoms with van der Waals surface area (Å²) in [7, 11) is 1.61. The first-order chi connectivity index (χ1) is 6.97. The van der Waals surface area contributed by atoms with Gasteiger partial charge in [-0.15, -0.1) is 0 Å². The minimum Gasteiger partial charge on any atom is -0.303 e. The maximum atomic E-state index is 11.2. The van der Waals surface area contributed by atoms with Crippen LogP contribution in [0.2, 0.25) is 0 Å². The number of hydrogen-bond acceptors (Lipinski definition) is 2. The van der Waals surface area contributed by atoms with Crippen LogP contribution in [0, 0.1) is 32.1 Å². The summed E-state index contributed by atoms with van der Waals surface area (Å²) in [5.74, 6) is -0.540. The third-order valence-corrected chi connectivity index (χ3v) is 2.57. The summed E-state index contributed by atoms with van der Waals surface area (Å²) in [6.07, 6.45) is 0. The molecule has 1 aromatic rings. The molecule has 0 aromatic heterocycles. The highest BCUT2D eigenvalue weighted by Gasteiger charge is 2.12. The number of nitriles is 1. The molecule has 3 heteroatoms. The van der Waals surface area contributed by atoms with Crippen LogP contribution in [0.15, 0.2) is 12.1 Å². The number of rotatable bonds is 1. The zero-order valence-electron chi connectivity index (χ0n) is 9.46. The number of nitrogens with zero attached hydrogens (tertiary/aromatic N) is 2. The molecule has 0 saturated heterocycles. The monoisotopic (exact) mass is 202 g/mol. The highest BCUT2D eigenvalue weighted by molar-refractivity contribution is 6.04. The topological polar surface area (TPSA) is 44.1 Å². The number of carbonyl (C=O) groups is 1. The van der Waals surface area contributed by atoms with Gasteiger partial charge in [-0.05, 0) is 43.5 Å². The van der Waals surface area contributed by atoms with Crippen molar-refractivity contribution in [2.75, 3.05) is 11.9 Å². The molecule has 0 aliphatic rings. The van der Waals surface area contributed by atoms with Crippen molar-refractivity contribution in [1.29, 1.82) is 5.26 Å². The standard InChI is InChI=1S/C12H14N2O/c1-8-5-10(3)11(6-9(8)2)14(4)12(15)7-13/h5-6H,1-4H3. The molecule has 1 rings (SSSR count). The van der Waals surface area contributed by atoms with Crippen LogP contribution in [-0.2, 0) is 4.79 Å². The smallest absolute Gasteiger partial charge is 0.303 e. The number of amides is 1. The van der Waals surface area contributed by atoms with E-state index in [1.807, 2.05) is 32.9 Å². The van der Waals surface area contributed by atoms with E-state index >= 15 is 0 Å². The van der Waals surface area contributed by atoms with E-state index in [-0.39, 0.29) is 0 Å². The van der Waals surface area contributed by atoms with Crippen molar-refractivity contribution < 1.29 is 4.79 Å². The van der Waals surface area contributed by atoms with Crippen molar-refractivity contribution >= 4 is 11.6 Å². The van der Waals surface area contributed by atoms with Gasteiger partial charge in [0, 0.05) is 12.7 Å². The van der Waals surface area contributed by atoms with E-state index in [2.05, 4.69) is 0 Å². The van der Waals surface area contributed by atoms with Gasteiger partial charge in [0.2, 0.25) is 0 Å². The second kappa shape index (κ2) is 4.14. The molecule has 1 amide bonds. The first-order valence-corrected chi connectivity index (χ1v) is 4.73. The Hall–Kier alpha value is -1.82. The van der Waals surface area contributed by atoms with Gasteiger partial charge in [0.05, 0.1) is 0 Å². The van der Waals surface area contributed by atoms with Gasteiger partial charge < -0.3 is 4.90 Å². The summed E-state index contributed by atoms with van der Waals surface area (Å²) < 4.78 is 0. The van der Waals surface area contributed by atoms with E-state index in [4.69, 9.17) is 5.26 Å². The lowest BCUT2D eigenvalue weighted by molar-refractivity contribution is -0.113. The molecule has 1 aromatic carbocycles. The minimum absolute atomic E-state index is 0.540. The van der Waals surface area contributed by atoms with Crippen LogP contribution in [0.1, 0.15) is 16.7 Å². The molecular formula is C12H14N2O. The fourth-order valence-corrected chi connectivity index (χ4v) is 1.49. The fraction of sp³-hybridized carbons (Fsp3) is 0.333. The maximum Gasteiger partial charge on any atom is 0.329 e. The lowest BCUT2D eigenvalue weighted by atomic mass is 10.0. The molecule has 0 spiro atoms. The van der Waals surface area contributed by atoms with Gasteiger partial charge in [-0.2, -0.15) is 5.26 Å². The fourth-order valence-electron chi connectivity index (χ4n) is 1.49. The van der Waals surface area contributed by atoms with Crippen molar-refractivity contribution in [1.82, 2.24) is 0 Å². The molecule has 0 saturated carbocycles. The van der Waals surface area contributed by atoms with Gasteiger partial charge in [-0.25, -0.2) is 0 Å². The van der Waals surface area contributed by atoms with Crippen LogP contribution < -0.4 is 4.90 Å². The van der Waals surface area contributed by atoms with E-state index in [0.29, 0.717) is 0 Å². The first-order valence-electron chi connectivity index (χ1n) is 4.73. The SMILES string of the molecule is Cc1cc(C)c(N(C)C(=O)C#N)cc1C. The van der Waals surface area contributed by atoms with E-state index in [1.54, 1.807) is 13.1 Å². The van der Waals surface area contributed by atoms with Crippen molar-refractivity contribution in [3.8, 4) is 6.07 Å². The normalized spacial score (nSPS) is 9.53. The first kappa shape index (κ1) is 11.3. The Morgan fingerprint density at radius 2 is 1.73 bits per heavy atom. The van der Waals surface area contributed by atoms with Gasteiger partial charge >= 0.3 is 5.91 Å². The third-order valence-electron chi connectivity index (χ3n) is 2.57. The lowest BCUT2D eigenvalue weighted by Gasteiger charge is -2.17. The van der Waals surface area contributed by atoms with E-state index in [0.717, 1.165) is 16.8 Å². The third kappa shape index (κ3) is 2.16. The molecule has 0 N–H and O–H groups in total. The molecule has 78 valence electrons. The van der Waals surface area contributed by atoms with Gasteiger partial charge in [-0.1, -0.05) is 6.07 Å². The summed E-state index contributed by atoms with van der Waals surface area (Å²) in [4.78, 5) is 12.6. The Kier molecular flexibility index (Phi) is 3.11. The number of benzene rings is 1. The van der Waals surface area contributed by atoms with Gasteiger partial charge in [0.1, 0.15) is 0 Å². The van der Waals surface area contributed by atoms with Crippen LogP contribution in [0.4, 0.5) is 5.69 Å². The summed E-state index contributed by atoms with van der Waals surface area (Å²) in [5.41, 5.74) is 4.11. The molecule has 0 aliphatic heterocycles. The lowest BCUT2D eigenvalue weighted by Crippen LogP contribution is -2.25. The maximum absolute atomic E-state index is 11.2. The van der Waals surface area contributed by atoms with Crippen LogP contribution in [0.25, 0.3) is 0 Å². The average molecular weight is 202 g/mol. The molecule has 0 atom stereocenters. The van der Waals surface area contributed by atoms with Gasteiger partial charge in [0.25, 0.3) is 0 Å². The Bertz CT molecular complexity index is 444. The van der Waals surface area contributed by atoms with Crippen molar-refractivity contribution in [3.05, 3.63) is 28.8 Å². The number of anilines is 1. The molecule has 15 heavy (non-hydrogen) atoms. The zero-order chi connectivity index (χ0) is 11.6. The minimum atomic E-state index is -0.540. The second-order valence-electron chi connectivity index (χ2n) is 3.70. The van der Waals surface area contributed by atoms with Crippen LogP contribution >= 0.6 is 0 Å². The van der Waals surface area contributed by atoms with E-state index in [1.165, 1.54) is 10.5 Å². The van der Waals surface area contributed by atoms with Crippen molar-refractivity contribution in [3.63, 3.8) is 0 Å². The van der Waals surface area contributed by atoms with Gasteiger partial charge in [0.15, 0.2) is 6.07 Å². The number of carbonyl (C=O) groups excluding carboxylic acids is 1. The summed E-state index contributed by atoms with van der Waals surface area (Å²) >= 11 is 0. The molecule has 0 aliphatic carbocycles. The zero-order valence-corrected chi connectivity index (χ0v) is 9.46. The van der Waals surface area contributed by atoms with Crippen LogP contribution in [0.3, 0.4) is 0 Å². The Balaban J connectivity index is 3.22. The predicted octanol–water partition coefficient (Wildman–Crippen LogP) is 2.10. The summed E-state index contributed by atoms with van der Waals surface area (Å²) in [6, 6.07) is 5.56.